The summed E-state index contributed by atoms with van der Waals surface area (Å²) in [4.78, 5) is 13.2. The second-order valence-corrected chi connectivity index (χ2v) is 7.46. The van der Waals surface area contributed by atoms with Gasteiger partial charge in [0.25, 0.3) is 5.91 Å². The zero-order valence-electron chi connectivity index (χ0n) is 14.4. The Morgan fingerprint density at radius 1 is 1.15 bits per heavy atom. The lowest BCUT2D eigenvalue weighted by Crippen LogP contribution is -2.19. The average Bonchev–Trinajstić information content (AvgIpc) is 3.20. The molecule has 7 heteroatoms. The molecule has 0 aliphatic carbocycles. The molecule has 4 nitrogen and oxygen atoms in total. The highest BCUT2D eigenvalue weighted by Gasteiger charge is 2.07. The van der Waals surface area contributed by atoms with Crippen molar-refractivity contribution >= 4 is 46.2 Å². The molecule has 1 amide bonds. The normalized spacial score (nSPS) is 11.3. The first-order valence-electron chi connectivity index (χ1n) is 8.08. The third-order valence-electron chi connectivity index (χ3n) is 3.73. The summed E-state index contributed by atoms with van der Waals surface area (Å²) < 4.78 is 5.71. The molecule has 1 aromatic heterocycles. The van der Waals surface area contributed by atoms with E-state index >= 15 is 0 Å². The van der Waals surface area contributed by atoms with Crippen molar-refractivity contribution < 1.29 is 9.53 Å². The lowest BCUT2D eigenvalue weighted by atomic mass is 10.2. The monoisotopic (exact) mass is 418 g/mol. The van der Waals surface area contributed by atoms with E-state index in [0.29, 0.717) is 28.0 Å². The van der Waals surface area contributed by atoms with Gasteiger partial charge in [-0.25, -0.2) is 5.43 Å². The van der Waals surface area contributed by atoms with E-state index in [1.54, 1.807) is 47.7 Å². The van der Waals surface area contributed by atoms with Crippen LogP contribution < -0.4 is 10.2 Å². The maximum Gasteiger partial charge on any atom is 0.271 e. The third-order valence-corrected chi connectivity index (χ3v) is 5.29. The lowest BCUT2D eigenvalue weighted by molar-refractivity contribution is 0.0955. The van der Waals surface area contributed by atoms with Crippen LogP contribution in [0.1, 0.15) is 27.7 Å². The molecule has 0 aliphatic heterocycles. The van der Waals surface area contributed by atoms with Crippen LogP contribution in [0.2, 0.25) is 10.0 Å². The number of thiophene rings is 1. The fraction of sp³-hybridized carbons (Fsp3) is 0.100. The van der Waals surface area contributed by atoms with Crippen LogP contribution in [0.4, 0.5) is 0 Å². The number of halogens is 2. The molecule has 1 heterocycles. The van der Waals surface area contributed by atoms with Gasteiger partial charge in [-0.1, -0.05) is 35.3 Å². The first-order chi connectivity index (χ1) is 13.0. The van der Waals surface area contributed by atoms with E-state index in [4.69, 9.17) is 27.9 Å². The minimum absolute atomic E-state index is 0.279. The van der Waals surface area contributed by atoms with E-state index in [0.717, 1.165) is 16.2 Å². The van der Waals surface area contributed by atoms with E-state index in [1.807, 2.05) is 30.5 Å². The van der Waals surface area contributed by atoms with Crippen LogP contribution in [0.25, 0.3) is 0 Å². The van der Waals surface area contributed by atoms with E-state index in [1.165, 1.54) is 0 Å². The predicted molar refractivity (Wildman–Crippen MR) is 111 cm³/mol. The van der Waals surface area contributed by atoms with Crippen LogP contribution in [0.3, 0.4) is 0 Å². The Hall–Kier alpha value is -2.34. The summed E-state index contributed by atoms with van der Waals surface area (Å²) in [6, 6.07) is 16.0. The Labute approximate surface area is 171 Å². The SMILES string of the molecule is C/C(=N/NC(=O)c1ccc(OCc2ccc(Cl)cc2Cl)cc1)c1cccs1. The molecule has 0 aliphatic rings. The van der Waals surface area contributed by atoms with Crippen molar-refractivity contribution in [2.45, 2.75) is 13.5 Å². The Morgan fingerprint density at radius 2 is 1.93 bits per heavy atom. The minimum Gasteiger partial charge on any atom is -0.489 e. The van der Waals surface area contributed by atoms with Gasteiger partial charge in [0, 0.05) is 26.0 Å². The molecule has 0 saturated heterocycles. The van der Waals surface area contributed by atoms with Gasteiger partial charge in [-0.3, -0.25) is 4.79 Å². The Bertz CT molecular complexity index is 955. The van der Waals surface area contributed by atoms with Crippen molar-refractivity contribution in [2.75, 3.05) is 0 Å². The Balaban J connectivity index is 1.58. The molecule has 0 bridgehead atoms. The summed E-state index contributed by atoms with van der Waals surface area (Å²) in [6.07, 6.45) is 0. The number of nitrogens with one attached hydrogen (secondary N) is 1. The van der Waals surface area contributed by atoms with E-state index < -0.39 is 0 Å². The van der Waals surface area contributed by atoms with Crippen LogP contribution in [-0.2, 0) is 6.61 Å². The zero-order chi connectivity index (χ0) is 19.2. The van der Waals surface area contributed by atoms with Crippen LogP contribution >= 0.6 is 34.5 Å². The summed E-state index contributed by atoms with van der Waals surface area (Å²) in [5.41, 5.74) is 4.65. The van der Waals surface area contributed by atoms with Gasteiger partial charge in [0.2, 0.25) is 0 Å². The largest absolute Gasteiger partial charge is 0.489 e. The number of hydrogen-bond donors (Lipinski definition) is 1. The van der Waals surface area contributed by atoms with Crippen molar-refractivity contribution in [3.05, 3.63) is 86.0 Å². The number of benzene rings is 2. The predicted octanol–water partition coefficient (Wildman–Crippen LogP) is 5.79. The number of hydrogen-bond acceptors (Lipinski definition) is 4. The van der Waals surface area contributed by atoms with Crippen LogP contribution in [0.15, 0.2) is 65.1 Å². The Morgan fingerprint density at radius 3 is 2.59 bits per heavy atom. The summed E-state index contributed by atoms with van der Waals surface area (Å²) in [7, 11) is 0. The van der Waals surface area contributed by atoms with Crippen molar-refractivity contribution in [1.82, 2.24) is 5.43 Å². The molecule has 0 saturated carbocycles. The van der Waals surface area contributed by atoms with Gasteiger partial charge in [0.1, 0.15) is 12.4 Å². The van der Waals surface area contributed by atoms with Gasteiger partial charge in [-0.15, -0.1) is 11.3 Å². The van der Waals surface area contributed by atoms with Crippen molar-refractivity contribution in [3.63, 3.8) is 0 Å². The molecule has 3 rings (SSSR count). The van der Waals surface area contributed by atoms with Crippen LogP contribution in [-0.4, -0.2) is 11.6 Å². The molecular weight excluding hydrogens is 403 g/mol. The van der Waals surface area contributed by atoms with Crippen LogP contribution in [0, 0.1) is 0 Å². The summed E-state index contributed by atoms with van der Waals surface area (Å²) in [5, 5.41) is 7.23. The molecule has 0 fully saturated rings. The number of carbonyl (C=O) groups is 1. The molecule has 2 aromatic carbocycles. The van der Waals surface area contributed by atoms with E-state index in [-0.39, 0.29) is 5.91 Å². The number of ether oxygens (including phenoxy) is 1. The van der Waals surface area contributed by atoms with Crippen molar-refractivity contribution in [1.29, 1.82) is 0 Å². The molecule has 3 aromatic rings. The van der Waals surface area contributed by atoms with Gasteiger partial charge >= 0.3 is 0 Å². The maximum atomic E-state index is 12.2. The standard InChI is InChI=1S/C20H16Cl2N2O2S/c1-13(19-3-2-10-27-19)23-24-20(25)14-5-8-17(9-6-14)26-12-15-4-7-16(21)11-18(15)22/h2-11H,12H2,1H3,(H,24,25)/b23-13-. The fourth-order valence-electron chi connectivity index (χ4n) is 2.24. The highest BCUT2D eigenvalue weighted by atomic mass is 35.5. The minimum atomic E-state index is -0.279. The topological polar surface area (TPSA) is 50.7 Å². The molecule has 0 radical (unpaired) electrons. The molecular formula is C20H16Cl2N2O2S. The first-order valence-corrected chi connectivity index (χ1v) is 9.72. The fourth-order valence-corrected chi connectivity index (χ4v) is 3.38. The van der Waals surface area contributed by atoms with Gasteiger partial charge in [0.05, 0.1) is 5.71 Å². The third kappa shape index (κ3) is 5.32. The van der Waals surface area contributed by atoms with Crippen molar-refractivity contribution in [2.24, 2.45) is 5.10 Å². The summed E-state index contributed by atoms with van der Waals surface area (Å²) >= 11 is 13.6. The molecule has 0 atom stereocenters. The number of hydrazone groups is 1. The molecule has 1 N–H and O–H groups in total. The van der Waals surface area contributed by atoms with Gasteiger partial charge in [0.15, 0.2) is 0 Å². The van der Waals surface area contributed by atoms with E-state index in [9.17, 15) is 4.79 Å². The van der Waals surface area contributed by atoms with Gasteiger partial charge in [-0.05, 0) is 54.8 Å². The number of rotatable bonds is 6. The lowest BCUT2D eigenvalue weighted by Gasteiger charge is -2.09. The second-order valence-electron chi connectivity index (χ2n) is 5.66. The quantitative estimate of drug-likeness (QED) is 0.406. The average molecular weight is 419 g/mol. The number of nitrogens with zero attached hydrogens (tertiary/aromatic N) is 1. The first kappa shape index (κ1) is 19.4. The van der Waals surface area contributed by atoms with Crippen LogP contribution in [0.5, 0.6) is 5.75 Å². The Kier molecular flexibility index (Phi) is 6.50. The highest BCUT2D eigenvalue weighted by molar-refractivity contribution is 7.12. The summed E-state index contributed by atoms with van der Waals surface area (Å²) in [5.74, 6) is 0.356. The number of amides is 1. The molecule has 27 heavy (non-hydrogen) atoms. The van der Waals surface area contributed by atoms with E-state index in [2.05, 4.69) is 10.5 Å². The van der Waals surface area contributed by atoms with Crippen molar-refractivity contribution in [3.8, 4) is 5.75 Å². The molecule has 0 unspecified atom stereocenters. The summed E-state index contributed by atoms with van der Waals surface area (Å²) in [6.45, 7) is 2.16. The maximum absolute atomic E-state index is 12.2. The van der Waals surface area contributed by atoms with Gasteiger partial charge in [-0.2, -0.15) is 5.10 Å². The highest BCUT2D eigenvalue weighted by Crippen LogP contribution is 2.23. The van der Waals surface area contributed by atoms with Gasteiger partial charge < -0.3 is 4.74 Å². The zero-order valence-corrected chi connectivity index (χ0v) is 16.7. The molecule has 138 valence electrons. The smallest absolute Gasteiger partial charge is 0.271 e. The molecule has 0 spiro atoms. The number of carbonyl (C=O) groups excluding carboxylic acids is 1. The second kappa shape index (κ2) is 9.04.